The Hall–Kier alpha value is -0.690. The van der Waals surface area contributed by atoms with Gasteiger partial charge in [-0.2, -0.15) is 0 Å². The average Bonchev–Trinajstić information content (AvgIpc) is 2.31. The quantitative estimate of drug-likeness (QED) is 0.846. The fourth-order valence-electron chi connectivity index (χ4n) is 1.44. The molecule has 0 aliphatic heterocycles. The van der Waals surface area contributed by atoms with Crippen molar-refractivity contribution in [1.82, 2.24) is 4.72 Å². The summed E-state index contributed by atoms with van der Waals surface area (Å²) in [6.07, 6.45) is -0.342. The first-order valence-electron chi connectivity index (χ1n) is 5.87. The normalized spacial score (nSPS) is 13.8. The smallest absolute Gasteiger partial charge is 0.243 e. The van der Waals surface area contributed by atoms with Crippen LogP contribution in [0.1, 0.15) is 20.3 Å². The lowest BCUT2D eigenvalue weighted by atomic mass is 10.1. The SMILES string of the molecule is CC(C)C(O)CCNS(=O)(=O)c1cccc(Cl)c1F. The maximum absolute atomic E-state index is 13.6. The van der Waals surface area contributed by atoms with E-state index in [9.17, 15) is 17.9 Å². The first-order valence-corrected chi connectivity index (χ1v) is 7.73. The van der Waals surface area contributed by atoms with Crippen LogP contribution in [0.3, 0.4) is 0 Å². The number of hydrogen-bond donors (Lipinski definition) is 2. The molecule has 108 valence electrons. The van der Waals surface area contributed by atoms with Gasteiger partial charge in [0.1, 0.15) is 4.90 Å². The summed E-state index contributed by atoms with van der Waals surface area (Å²) < 4.78 is 39.6. The third-order valence-corrected chi connectivity index (χ3v) is 4.48. The second-order valence-electron chi connectivity index (χ2n) is 4.55. The van der Waals surface area contributed by atoms with Gasteiger partial charge in [0.2, 0.25) is 10.0 Å². The summed E-state index contributed by atoms with van der Waals surface area (Å²) in [5.74, 6) is -0.937. The topological polar surface area (TPSA) is 66.4 Å². The molecule has 0 spiro atoms. The first-order chi connectivity index (χ1) is 8.75. The second-order valence-corrected chi connectivity index (χ2v) is 6.69. The molecule has 0 aliphatic carbocycles. The highest BCUT2D eigenvalue weighted by atomic mass is 35.5. The lowest BCUT2D eigenvalue weighted by Crippen LogP contribution is -2.29. The molecule has 7 heteroatoms. The van der Waals surface area contributed by atoms with Crippen LogP contribution < -0.4 is 4.72 Å². The summed E-state index contributed by atoms with van der Waals surface area (Å²) in [7, 11) is -3.96. The van der Waals surface area contributed by atoms with Crippen molar-refractivity contribution in [2.75, 3.05) is 6.54 Å². The monoisotopic (exact) mass is 309 g/mol. The molecule has 0 heterocycles. The van der Waals surface area contributed by atoms with Crippen molar-refractivity contribution < 1.29 is 17.9 Å². The molecule has 0 saturated heterocycles. The minimum atomic E-state index is -3.96. The van der Waals surface area contributed by atoms with Crippen molar-refractivity contribution in [2.24, 2.45) is 5.92 Å². The number of nitrogens with one attached hydrogen (secondary N) is 1. The molecular weight excluding hydrogens is 293 g/mol. The van der Waals surface area contributed by atoms with Gasteiger partial charge in [-0.05, 0) is 24.5 Å². The van der Waals surface area contributed by atoms with Gasteiger partial charge in [0.15, 0.2) is 5.82 Å². The maximum atomic E-state index is 13.6. The highest BCUT2D eigenvalue weighted by Gasteiger charge is 2.20. The number of rotatable bonds is 6. The van der Waals surface area contributed by atoms with Crippen LogP contribution in [0.2, 0.25) is 5.02 Å². The molecule has 0 saturated carbocycles. The van der Waals surface area contributed by atoms with Crippen molar-refractivity contribution in [3.05, 3.63) is 29.0 Å². The van der Waals surface area contributed by atoms with Crippen molar-refractivity contribution in [3.8, 4) is 0 Å². The van der Waals surface area contributed by atoms with E-state index < -0.39 is 26.8 Å². The zero-order valence-electron chi connectivity index (χ0n) is 10.7. The molecule has 0 aliphatic rings. The van der Waals surface area contributed by atoms with E-state index in [2.05, 4.69) is 4.72 Å². The van der Waals surface area contributed by atoms with Crippen molar-refractivity contribution in [2.45, 2.75) is 31.3 Å². The molecule has 0 radical (unpaired) electrons. The van der Waals surface area contributed by atoms with Crippen molar-refractivity contribution >= 4 is 21.6 Å². The van der Waals surface area contributed by atoms with Crippen LogP contribution in [0, 0.1) is 11.7 Å². The molecule has 19 heavy (non-hydrogen) atoms. The second kappa shape index (κ2) is 6.65. The van der Waals surface area contributed by atoms with E-state index in [1.807, 2.05) is 13.8 Å². The Balaban J connectivity index is 2.74. The summed E-state index contributed by atoms with van der Waals surface area (Å²) in [6, 6.07) is 3.78. The lowest BCUT2D eigenvalue weighted by Gasteiger charge is -2.14. The third kappa shape index (κ3) is 4.42. The van der Waals surface area contributed by atoms with Gasteiger partial charge in [-0.15, -0.1) is 0 Å². The highest BCUT2D eigenvalue weighted by molar-refractivity contribution is 7.89. The van der Waals surface area contributed by atoms with Crippen LogP contribution in [0.4, 0.5) is 4.39 Å². The van der Waals surface area contributed by atoms with Gasteiger partial charge in [-0.1, -0.05) is 31.5 Å². The Bertz CT molecular complexity index is 534. The van der Waals surface area contributed by atoms with Gasteiger partial charge >= 0.3 is 0 Å². The van der Waals surface area contributed by atoms with Gasteiger partial charge in [0.05, 0.1) is 11.1 Å². The molecule has 0 aromatic heterocycles. The Morgan fingerprint density at radius 3 is 2.63 bits per heavy atom. The Labute approximate surface area is 117 Å². The van der Waals surface area contributed by atoms with Gasteiger partial charge in [-0.25, -0.2) is 17.5 Å². The molecule has 1 rings (SSSR count). The van der Waals surface area contributed by atoms with E-state index >= 15 is 0 Å². The van der Waals surface area contributed by atoms with Crippen LogP contribution in [-0.4, -0.2) is 26.2 Å². The van der Waals surface area contributed by atoms with Crippen LogP contribution in [-0.2, 0) is 10.0 Å². The van der Waals surface area contributed by atoms with E-state index in [-0.39, 0.29) is 23.9 Å². The first kappa shape index (κ1) is 16.4. The molecule has 0 bridgehead atoms. The van der Waals surface area contributed by atoms with E-state index in [4.69, 9.17) is 11.6 Å². The molecule has 4 nitrogen and oxygen atoms in total. The zero-order valence-corrected chi connectivity index (χ0v) is 12.3. The summed E-state index contributed by atoms with van der Waals surface area (Å²) in [5, 5.41) is 9.32. The molecule has 0 fully saturated rings. The average molecular weight is 310 g/mol. The minimum Gasteiger partial charge on any atom is -0.393 e. The highest BCUT2D eigenvalue weighted by Crippen LogP contribution is 2.21. The molecule has 1 aromatic rings. The number of halogens is 2. The fourth-order valence-corrected chi connectivity index (χ4v) is 2.82. The Kier molecular flexibility index (Phi) is 5.73. The number of benzene rings is 1. The standard InChI is InChI=1S/C12H17ClFNO3S/c1-8(2)10(16)6-7-15-19(17,18)11-5-3-4-9(13)12(11)14/h3-5,8,10,15-16H,6-7H2,1-2H3. The molecule has 1 atom stereocenters. The Morgan fingerprint density at radius 1 is 1.42 bits per heavy atom. The molecule has 0 amide bonds. The van der Waals surface area contributed by atoms with Crippen LogP contribution in [0.15, 0.2) is 23.1 Å². The van der Waals surface area contributed by atoms with Crippen molar-refractivity contribution in [1.29, 1.82) is 0 Å². The van der Waals surface area contributed by atoms with E-state index in [1.165, 1.54) is 12.1 Å². The van der Waals surface area contributed by atoms with Crippen molar-refractivity contribution in [3.63, 3.8) is 0 Å². The summed E-state index contributed by atoms with van der Waals surface area (Å²) >= 11 is 5.54. The third-order valence-electron chi connectivity index (χ3n) is 2.71. The Morgan fingerprint density at radius 2 is 2.05 bits per heavy atom. The van der Waals surface area contributed by atoms with Gasteiger partial charge in [-0.3, -0.25) is 0 Å². The van der Waals surface area contributed by atoms with E-state index in [1.54, 1.807) is 0 Å². The van der Waals surface area contributed by atoms with E-state index in [0.717, 1.165) is 6.07 Å². The van der Waals surface area contributed by atoms with E-state index in [0.29, 0.717) is 0 Å². The summed E-state index contributed by atoms with van der Waals surface area (Å²) in [6.45, 7) is 3.69. The molecular formula is C12H17ClFNO3S. The predicted octanol–water partition coefficient (Wildman–Crippen LogP) is 2.16. The number of sulfonamides is 1. The maximum Gasteiger partial charge on any atom is 0.243 e. The van der Waals surface area contributed by atoms with Gasteiger partial charge in [0, 0.05) is 6.54 Å². The fraction of sp³-hybridized carbons (Fsp3) is 0.500. The number of hydrogen-bond acceptors (Lipinski definition) is 3. The summed E-state index contributed by atoms with van der Waals surface area (Å²) in [5.41, 5.74) is 0. The van der Waals surface area contributed by atoms with Crippen LogP contribution in [0.5, 0.6) is 0 Å². The molecule has 1 aromatic carbocycles. The van der Waals surface area contributed by atoms with Crippen LogP contribution in [0.25, 0.3) is 0 Å². The molecule has 1 unspecified atom stereocenters. The lowest BCUT2D eigenvalue weighted by molar-refractivity contribution is 0.118. The van der Waals surface area contributed by atoms with Gasteiger partial charge in [0.25, 0.3) is 0 Å². The van der Waals surface area contributed by atoms with Gasteiger partial charge < -0.3 is 5.11 Å². The minimum absolute atomic E-state index is 0.0346. The molecule has 2 N–H and O–H groups in total. The summed E-state index contributed by atoms with van der Waals surface area (Å²) in [4.78, 5) is -0.487. The number of aliphatic hydroxyl groups excluding tert-OH is 1. The number of aliphatic hydroxyl groups is 1. The predicted molar refractivity (Wildman–Crippen MR) is 72.1 cm³/mol. The van der Waals surface area contributed by atoms with Crippen LogP contribution >= 0.6 is 11.6 Å². The largest absolute Gasteiger partial charge is 0.393 e. The zero-order chi connectivity index (χ0) is 14.6.